The highest BCUT2D eigenvalue weighted by molar-refractivity contribution is 6.22. The van der Waals surface area contributed by atoms with Crippen molar-refractivity contribution in [2.75, 3.05) is 12.0 Å². The zero-order chi connectivity index (χ0) is 23.3. The van der Waals surface area contributed by atoms with E-state index in [9.17, 15) is 4.79 Å². The maximum Gasteiger partial charge on any atom is 0.259 e. The van der Waals surface area contributed by atoms with Crippen LogP contribution in [0.4, 0.5) is 5.69 Å². The third-order valence-corrected chi connectivity index (χ3v) is 6.75. The van der Waals surface area contributed by atoms with E-state index in [4.69, 9.17) is 14.1 Å². The fourth-order valence-electron chi connectivity index (χ4n) is 5.04. The summed E-state index contributed by atoms with van der Waals surface area (Å²) in [7, 11) is 1.64. The molecule has 2 aromatic carbocycles. The van der Waals surface area contributed by atoms with Gasteiger partial charge in [0.05, 0.1) is 25.6 Å². The van der Waals surface area contributed by atoms with E-state index in [1.165, 1.54) is 19.3 Å². The second-order valence-electron chi connectivity index (χ2n) is 8.98. The molecule has 0 saturated heterocycles. The fourth-order valence-corrected chi connectivity index (χ4v) is 5.04. The molecule has 1 unspecified atom stereocenters. The van der Waals surface area contributed by atoms with Gasteiger partial charge in [0, 0.05) is 12.5 Å². The maximum atomic E-state index is 13.9. The number of carbonyl (C=O) groups excluding carboxylic acids is 1. The number of hydrogen-bond acceptors (Lipinski definition) is 5. The number of benzene rings is 2. The van der Waals surface area contributed by atoms with Gasteiger partial charge in [-0.25, -0.2) is 9.89 Å². The number of aliphatic imine (C=N–C) groups is 1. The Labute approximate surface area is 200 Å². The van der Waals surface area contributed by atoms with Crippen molar-refractivity contribution < 1.29 is 13.9 Å². The molecule has 0 bridgehead atoms. The van der Waals surface area contributed by atoms with Crippen LogP contribution in [0, 0.1) is 0 Å². The number of para-hydroxylation sites is 2. The Balaban J connectivity index is 1.56. The number of amides is 1. The molecule has 1 amide bonds. The number of nitrogens with zero attached hydrogens (tertiary/aromatic N) is 3. The van der Waals surface area contributed by atoms with Crippen molar-refractivity contribution in [2.45, 2.75) is 57.2 Å². The summed E-state index contributed by atoms with van der Waals surface area (Å²) in [5.41, 5.74) is 1.82. The molecule has 1 saturated carbocycles. The van der Waals surface area contributed by atoms with E-state index in [-0.39, 0.29) is 5.91 Å². The minimum absolute atomic E-state index is 0.0244. The van der Waals surface area contributed by atoms with Crippen LogP contribution >= 0.6 is 0 Å². The number of guanidine groups is 1. The summed E-state index contributed by atoms with van der Waals surface area (Å²) in [4.78, 5) is 23.0. The highest BCUT2D eigenvalue weighted by atomic mass is 16.5. The second kappa shape index (κ2) is 10.2. The van der Waals surface area contributed by atoms with E-state index in [0.717, 1.165) is 29.9 Å². The summed E-state index contributed by atoms with van der Waals surface area (Å²) in [6, 6.07) is 21.5. The Hall–Kier alpha value is -3.54. The molecule has 0 radical (unpaired) electrons. The predicted molar refractivity (Wildman–Crippen MR) is 133 cm³/mol. The van der Waals surface area contributed by atoms with Gasteiger partial charge in [0.15, 0.2) is 0 Å². The van der Waals surface area contributed by atoms with Crippen LogP contribution in [0.25, 0.3) is 0 Å². The number of ether oxygens (including phenoxy) is 1. The largest absolute Gasteiger partial charge is 0.495 e. The number of rotatable bonds is 7. The number of carbonyl (C=O) groups is 1. The Bertz CT molecular complexity index is 1120. The van der Waals surface area contributed by atoms with Crippen LogP contribution in [0.2, 0.25) is 0 Å². The van der Waals surface area contributed by atoms with Gasteiger partial charge in [0.1, 0.15) is 17.6 Å². The number of methoxy groups -OCH3 is 1. The molecule has 1 atom stereocenters. The molecule has 34 heavy (non-hydrogen) atoms. The van der Waals surface area contributed by atoms with Crippen molar-refractivity contribution in [1.82, 2.24) is 4.90 Å². The van der Waals surface area contributed by atoms with Crippen LogP contribution in [0.3, 0.4) is 0 Å². The third kappa shape index (κ3) is 4.58. The van der Waals surface area contributed by atoms with E-state index >= 15 is 0 Å². The topological polar surface area (TPSA) is 58.3 Å². The van der Waals surface area contributed by atoms with Crippen LogP contribution < -0.4 is 9.64 Å². The molecule has 0 spiro atoms. The van der Waals surface area contributed by atoms with Crippen LogP contribution in [-0.2, 0) is 17.8 Å². The second-order valence-corrected chi connectivity index (χ2v) is 8.98. The summed E-state index contributed by atoms with van der Waals surface area (Å²) in [5.74, 6) is 2.19. The van der Waals surface area contributed by atoms with Gasteiger partial charge in [-0.05, 0) is 42.7 Å². The lowest BCUT2D eigenvalue weighted by atomic mass is 9.94. The van der Waals surface area contributed by atoms with Crippen LogP contribution in [0.15, 0.2) is 82.4 Å². The number of furan rings is 1. The van der Waals surface area contributed by atoms with Gasteiger partial charge in [-0.1, -0.05) is 61.7 Å². The highest BCUT2D eigenvalue weighted by Gasteiger charge is 2.41. The van der Waals surface area contributed by atoms with Crippen molar-refractivity contribution in [1.29, 1.82) is 0 Å². The Kier molecular flexibility index (Phi) is 6.65. The van der Waals surface area contributed by atoms with Crippen molar-refractivity contribution >= 4 is 17.6 Å². The summed E-state index contributed by atoms with van der Waals surface area (Å²) in [6.45, 7) is 0.577. The quantitative estimate of drug-likeness (QED) is 0.474. The smallest absolute Gasteiger partial charge is 0.259 e. The molecule has 176 valence electrons. The first-order chi connectivity index (χ1) is 16.7. The van der Waals surface area contributed by atoms with E-state index in [0.29, 0.717) is 30.7 Å². The van der Waals surface area contributed by atoms with Crippen molar-refractivity contribution in [3.05, 3.63) is 84.3 Å². The molecular formula is C28H31N3O3. The Morgan fingerprint density at radius 2 is 1.76 bits per heavy atom. The summed E-state index contributed by atoms with van der Waals surface area (Å²) >= 11 is 0. The predicted octanol–water partition coefficient (Wildman–Crippen LogP) is 5.44. The SMILES string of the molecule is COc1ccccc1N1C(=O)C(Cc2ccccc2)N=C1N(Cc1ccco1)C1CCCCC1. The van der Waals surface area contributed by atoms with Crippen LogP contribution in [0.5, 0.6) is 5.75 Å². The first-order valence-electron chi connectivity index (χ1n) is 12.1. The van der Waals surface area contributed by atoms with Gasteiger partial charge in [-0.3, -0.25) is 4.79 Å². The first kappa shape index (κ1) is 22.3. The molecule has 6 heteroatoms. The average molecular weight is 458 g/mol. The molecule has 3 aromatic rings. The fraction of sp³-hybridized carbons (Fsp3) is 0.357. The van der Waals surface area contributed by atoms with Crippen LogP contribution in [0.1, 0.15) is 43.4 Å². The summed E-state index contributed by atoms with van der Waals surface area (Å²) < 4.78 is 11.4. The lowest BCUT2D eigenvalue weighted by molar-refractivity contribution is -0.118. The molecule has 1 aliphatic carbocycles. The Morgan fingerprint density at radius 1 is 1.00 bits per heavy atom. The molecule has 5 rings (SSSR count). The average Bonchev–Trinajstić information content (AvgIpc) is 3.51. The molecule has 2 heterocycles. The lowest BCUT2D eigenvalue weighted by Gasteiger charge is -2.37. The van der Waals surface area contributed by atoms with Gasteiger partial charge in [0.2, 0.25) is 5.96 Å². The first-order valence-corrected chi connectivity index (χ1v) is 12.1. The summed E-state index contributed by atoms with van der Waals surface area (Å²) in [5, 5.41) is 0. The third-order valence-electron chi connectivity index (χ3n) is 6.75. The zero-order valence-corrected chi connectivity index (χ0v) is 19.6. The molecule has 1 aliphatic heterocycles. The van der Waals surface area contributed by atoms with E-state index in [1.54, 1.807) is 18.3 Å². The molecule has 1 aromatic heterocycles. The Morgan fingerprint density at radius 3 is 2.50 bits per heavy atom. The monoisotopic (exact) mass is 457 g/mol. The zero-order valence-electron chi connectivity index (χ0n) is 19.6. The minimum atomic E-state index is -0.481. The van der Waals surface area contributed by atoms with Gasteiger partial charge >= 0.3 is 0 Å². The van der Waals surface area contributed by atoms with Crippen molar-refractivity contribution in [3.8, 4) is 5.75 Å². The molecular weight excluding hydrogens is 426 g/mol. The summed E-state index contributed by atoms with van der Waals surface area (Å²) in [6.07, 6.45) is 8.04. The van der Waals surface area contributed by atoms with Gasteiger partial charge < -0.3 is 14.1 Å². The minimum Gasteiger partial charge on any atom is -0.495 e. The standard InChI is InChI=1S/C28H31N3O3/c1-33-26-17-9-8-16-25(26)31-27(32)24(19-21-11-4-2-5-12-21)29-28(31)30(20-23-15-10-18-34-23)22-13-6-3-7-14-22/h2,4-5,8-12,15-18,22,24H,3,6-7,13-14,19-20H2,1H3. The highest BCUT2D eigenvalue weighted by Crippen LogP contribution is 2.35. The van der Waals surface area contributed by atoms with E-state index in [1.807, 2.05) is 54.6 Å². The molecule has 1 fully saturated rings. The number of anilines is 1. The van der Waals surface area contributed by atoms with Gasteiger partial charge in [-0.15, -0.1) is 0 Å². The molecule has 6 nitrogen and oxygen atoms in total. The van der Waals surface area contributed by atoms with Crippen LogP contribution in [-0.4, -0.2) is 36.0 Å². The van der Waals surface area contributed by atoms with Crippen molar-refractivity contribution in [3.63, 3.8) is 0 Å². The number of hydrogen-bond donors (Lipinski definition) is 0. The maximum absolute atomic E-state index is 13.9. The van der Waals surface area contributed by atoms with Gasteiger partial charge in [-0.2, -0.15) is 0 Å². The molecule has 2 aliphatic rings. The molecule has 0 N–H and O–H groups in total. The normalized spacial score (nSPS) is 18.7. The lowest BCUT2D eigenvalue weighted by Crippen LogP contribution is -2.49. The van der Waals surface area contributed by atoms with E-state index < -0.39 is 6.04 Å². The van der Waals surface area contributed by atoms with Crippen molar-refractivity contribution in [2.24, 2.45) is 4.99 Å². The van der Waals surface area contributed by atoms with E-state index in [2.05, 4.69) is 17.0 Å². The van der Waals surface area contributed by atoms with Gasteiger partial charge in [0.25, 0.3) is 5.91 Å².